The molecule has 0 aromatic carbocycles. The maximum absolute atomic E-state index is 11.9. The van der Waals surface area contributed by atoms with Gasteiger partial charge in [0, 0.05) is 26.7 Å². The highest BCUT2D eigenvalue weighted by Crippen LogP contribution is 2.23. The Labute approximate surface area is 101 Å². The number of urea groups is 1. The van der Waals surface area contributed by atoms with Crippen molar-refractivity contribution in [2.45, 2.75) is 20.0 Å². The fourth-order valence-electron chi connectivity index (χ4n) is 2.16. The molecule has 0 aromatic heterocycles. The second-order valence-electron chi connectivity index (χ2n) is 4.84. The van der Waals surface area contributed by atoms with E-state index in [4.69, 9.17) is 5.11 Å². The zero-order valence-corrected chi connectivity index (χ0v) is 10.5. The molecule has 2 amide bonds. The third-order valence-electron chi connectivity index (χ3n) is 3.06. The molecule has 6 nitrogen and oxygen atoms in total. The maximum Gasteiger partial charge on any atom is 0.319 e. The molecule has 0 aromatic rings. The highest BCUT2D eigenvalue weighted by atomic mass is 16.4. The van der Waals surface area contributed by atoms with Crippen molar-refractivity contribution in [3.8, 4) is 0 Å². The van der Waals surface area contributed by atoms with Crippen LogP contribution in [0.4, 0.5) is 4.79 Å². The van der Waals surface area contributed by atoms with Gasteiger partial charge in [-0.05, 0) is 12.8 Å². The number of aliphatic carboxylic acids is 1. The maximum atomic E-state index is 11.9. The Morgan fingerprint density at radius 2 is 2.06 bits per heavy atom. The molecule has 1 aliphatic heterocycles. The first kappa shape index (κ1) is 13.8. The summed E-state index contributed by atoms with van der Waals surface area (Å²) in [5, 5.41) is 18.2. The highest BCUT2D eigenvalue weighted by Gasteiger charge is 2.37. The molecule has 0 saturated carbocycles. The molecule has 98 valence electrons. The minimum Gasteiger partial charge on any atom is -0.481 e. The summed E-state index contributed by atoms with van der Waals surface area (Å²) >= 11 is 0. The molecular weight excluding hydrogens is 224 g/mol. The second-order valence-corrected chi connectivity index (χ2v) is 4.84. The van der Waals surface area contributed by atoms with Crippen LogP contribution in [0, 0.1) is 11.8 Å². The largest absolute Gasteiger partial charge is 0.481 e. The van der Waals surface area contributed by atoms with Crippen LogP contribution in [0.3, 0.4) is 0 Å². The van der Waals surface area contributed by atoms with Crippen molar-refractivity contribution in [1.29, 1.82) is 0 Å². The lowest BCUT2D eigenvalue weighted by atomic mass is 9.99. The van der Waals surface area contributed by atoms with Crippen LogP contribution >= 0.6 is 0 Å². The van der Waals surface area contributed by atoms with Gasteiger partial charge in [-0.2, -0.15) is 0 Å². The van der Waals surface area contributed by atoms with E-state index in [-0.39, 0.29) is 25.0 Å². The van der Waals surface area contributed by atoms with E-state index in [0.29, 0.717) is 6.54 Å². The lowest BCUT2D eigenvalue weighted by Crippen LogP contribution is -2.43. The number of carbonyl (C=O) groups excluding carboxylic acids is 1. The van der Waals surface area contributed by atoms with Crippen molar-refractivity contribution in [1.82, 2.24) is 9.80 Å². The minimum absolute atomic E-state index is 0.0311. The molecule has 0 radical (unpaired) electrons. The van der Waals surface area contributed by atoms with Crippen molar-refractivity contribution in [3.05, 3.63) is 0 Å². The summed E-state index contributed by atoms with van der Waals surface area (Å²) in [6, 6.07) is -0.221. The number of aliphatic hydroxyl groups is 1. The fourth-order valence-corrected chi connectivity index (χ4v) is 2.16. The number of nitrogens with zero attached hydrogens (tertiary/aromatic N) is 2. The molecule has 0 bridgehead atoms. The molecule has 1 saturated heterocycles. The van der Waals surface area contributed by atoms with E-state index in [1.807, 2.05) is 6.92 Å². The zero-order chi connectivity index (χ0) is 13.2. The van der Waals surface area contributed by atoms with Gasteiger partial charge in [0.05, 0.1) is 12.0 Å². The molecule has 0 aliphatic carbocycles. The average Bonchev–Trinajstić information content (AvgIpc) is 2.58. The smallest absolute Gasteiger partial charge is 0.319 e. The predicted molar refractivity (Wildman–Crippen MR) is 61.6 cm³/mol. The number of carbonyl (C=O) groups is 2. The van der Waals surface area contributed by atoms with Gasteiger partial charge < -0.3 is 20.0 Å². The summed E-state index contributed by atoms with van der Waals surface area (Å²) in [5.41, 5.74) is 0. The normalized spacial score (nSPS) is 25.8. The highest BCUT2D eigenvalue weighted by molar-refractivity contribution is 5.77. The fraction of sp³-hybridized carbons (Fsp3) is 0.818. The van der Waals surface area contributed by atoms with Crippen LogP contribution in [0.2, 0.25) is 0 Å². The quantitative estimate of drug-likeness (QED) is 0.736. The number of likely N-dealkylation sites (tertiary alicyclic amines) is 1. The number of amides is 2. The molecular formula is C11H20N2O4. The Morgan fingerprint density at radius 3 is 2.47 bits per heavy atom. The Kier molecular flexibility index (Phi) is 4.34. The van der Waals surface area contributed by atoms with Gasteiger partial charge in [0.25, 0.3) is 0 Å². The van der Waals surface area contributed by atoms with Gasteiger partial charge in [-0.1, -0.05) is 6.92 Å². The van der Waals surface area contributed by atoms with E-state index in [2.05, 4.69) is 0 Å². The lowest BCUT2D eigenvalue weighted by molar-refractivity contribution is -0.142. The molecule has 17 heavy (non-hydrogen) atoms. The molecule has 1 unspecified atom stereocenters. The number of rotatable bonds is 3. The SMILES string of the molecule is CC(O)CN(C)C(=O)N1C[C@@H](C)[C@H](C(=O)O)C1. The number of hydrogen-bond acceptors (Lipinski definition) is 3. The van der Waals surface area contributed by atoms with Gasteiger partial charge in [0.15, 0.2) is 0 Å². The number of carboxylic acid groups (broad SMARTS) is 1. The van der Waals surface area contributed by atoms with Gasteiger partial charge in [0.1, 0.15) is 0 Å². The first-order chi connectivity index (χ1) is 7.82. The monoisotopic (exact) mass is 244 g/mol. The standard InChI is InChI=1S/C11H20N2O4/c1-7-4-13(6-9(7)10(15)16)11(17)12(3)5-8(2)14/h7-9,14H,4-6H2,1-3H3,(H,15,16)/t7-,8?,9-/m1/s1. The second kappa shape index (κ2) is 5.35. The third-order valence-corrected chi connectivity index (χ3v) is 3.06. The Balaban J connectivity index is 2.58. The van der Waals surface area contributed by atoms with Gasteiger partial charge in [-0.25, -0.2) is 4.79 Å². The average molecular weight is 244 g/mol. The lowest BCUT2D eigenvalue weighted by Gasteiger charge is -2.25. The van der Waals surface area contributed by atoms with Crippen molar-refractivity contribution >= 4 is 12.0 Å². The Bertz CT molecular complexity index is 306. The zero-order valence-electron chi connectivity index (χ0n) is 10.5. The summed E-state index contributed by atoms with van der Waals surface area (Å²) in [4.78, 5) is 25.8. The van der Waals surface area contributed by atoms with E-state index < -0.39 is 18.0 Å². The van der Waals surface area contributed by atoms with Crippen molar-refractivity contribution in [2.24, 2.45) is 11.8 Å². The molecule has 1 heterocycles. The summed E-state index contributed by atoms with van der Waals surface area (Å²) < 4.78 is 0. The molecule has 2 N–H and O–H groups in total. The van der Waals surface area contributed by atoms with Gasteiger partial charge >= 0.3 is 12.0 Å². The topological polar surface area (TPSA) is 81.1 Å². The summed E-state index contributed by atoms with van der Waals surface area (Å²) in [7, 11) is 1.60. The number of likely N-dealkylation sites (N-methyl/N-ethyl adjacent to an activating group) is 1. The number of hydrogen-bond donors (Lipinski definition) is 2. The van der Waals surface area contributed by atoms with Crippen molar-refractivity contribution in [2.75, 3.05) is 26.7 Å². The van der Waals surface area contributed by atoms with Crippen LogP contribution < -0.4 is 0 Å². The van der Waals surface area contributed by atoms with Gasteiger partial charge in [0.2, 0.25) is 0 Å². The molecule has 6 heteroatoms. The summed E-state index contributed by atoms with van der Waals surface area (Å²) in [5.74, 6) is -1.37. The molecule has 1 rings (SSSR count). The molecule has 1 fully saturated rings. The van der Waals surface area contributed by atoms with E-state index in [1.165, 1.54) is 9.80 Å². The van der Waals surface area contributed by atoms with Gasteiger partial charge in [-0.3, -0.25) is 4.79 Å². The molecule has 1 aliphatic rings. The van der Waals surface area contributed by atoms with Crippen molar-refractivity contribution in [3.63, 3.8) is 0 Å². The van der Waals surface area contributed by atoms with E-state index in [9.17, 15) is 14.7 Å². The Morgan fingerprint density at radius 1 is 1.47 bits per heavy atom. The van der Waals surface area contributed by atoms with Crippen LogP contribution in [0.5, 0.6) is 0 Å². The third kappa shape index (κ3) is 3.33. The van der Waals surface area contributed by atoms with Crippen LogP contribution in [-0.2, 0) is 4.79 Å². The van der Waals surface area contributed by atoms with Crippen molar-refractivity contribution < 1.29 is 19.8 Å². The van der Waals surface area contributed by atoms with Crippen LogP contribution in [0.25, 0.3) is 0 Å². The number of carboxylic acids is 1. The Hall–Kier alpha value is -1.30. The van der Waals surface area contributed by atoms with E-state index in [1.54, 1.807) is 14.0 Å². The first-order valence-corrected chi connectivity index (χ1v) is 5.73. The summed E-state index contributed by atoms with van der Waals surface area (Å²) in [6.07, 6.45) is -0.584. The molecule has 3 atom stereocenters. The number of aliphatic hydroxyl groups excluding tert-OH is 1. The van der Waals surface area contributed by atoms with Crippen LogP contribution in [0.1, 0.15) is 13.8 Å². The summed E-state index contributed by atoms with van der Waals surface area (Å²) in [6.45, 7) is 4.40. The van der Waals surface area contributed by atoms with E-state index >= 15 is 0 Å². The minimum atomic E-state index is -0.856. The predicted octanol–water partition coefficient (Wildman–Crippen LogP) is 0.0715. The van der Waals surface area contributed by atoms with Crippen LogP contribution in [-0.4, -0.2) is 64.8 Å². The van der Waals surface area contributed by atoms with Crippen LogP contribution in [0.15, 0.2) is 0 Å². The first-order valence-electron chi connectivity index (χ1n) is 5.73. The van der Waals surface area contributed by atoms with E-state index in [0.717, 1.165) is 0 Å². The van der Waals surface area contributed by atoms with Gasteiger partial charge in [-0.15, -0.1) is 0 Å². The molecule has 0 spiro atoms.